The summed E-state index contributed by atoms with van der Waals surface area (Å²) in [4.78, 5) is 9.63. The Morgan fingerprint density at radius 3 is 2.67 bits per heavy atom. The van der Waals surface area contributed by atoms with Crippen LogP contribution in [0.4, 0.5) is 0 Å². The largest absolute Gasteiger partial charge is 0.457 e. The van der Waals surface area contributed by atoms with E-state index in [0.717, 1.165) is 55.7 Å². The Kier molecular flexibility index (Phi) is 8.11. The van der Waals surface area contributed by atoms with Gasteiger partial charge in [0.15, 0.2) is 5.96 Å². The zero-order chi connectivity index (χ0) is 21.3. The van der Waals surface area contributed by atoms with Crippen molar-refractivity contribution in [3.63, 3.8) is 0 Å². The van der Waals surface area contributed by atoms with Crippen molar-refractivity contribution in [2.45, 2.75) is 26.4 Å². The number of guanidine groups is 1. The number of nitrogens with one attached hydrogen (secondary N) is 2. The van der Waals surface area contributed by atoms with Crippen molar-refractivity contribution in [2.24, 2.45) is 4.99 Å². The molecule has 1 saturated heterocycles. The number of ether oxygens (including phenoxy) is 1. The van der Waals surface area contributed by atoms with Gasteiger partial charge in [-0.15, -0.1) is 0 Å². The van der Waals surface area contributed by atoms with Crippen LogP contribution in [0.3, 0.4) is 0 Å². The molecule has 0 saturated carbocycles. The fraction of sp³-hybridized carbons (Fsp3) is 0.458. The van der Waals surface area contributed by atoms with Crippen LogP contribution in [0.25, 0.3) is 0 Å². The number of likely N-dealkylation sites (N-methyl/N-ethyl adjacent to an activating group) is 2. The van der Waals surface area contributed by atoms with Gasteiger partial charge in [-0.3, -0.25) is 4.90 Å². The van der Waals surface area contributed by atoms with Crippen LogP contribution in [0, 0.1) is 6.92 Å². The molecular weight excluding hydrogens is 374 g/mol. The third-order valence-corrected chi connectivity index (χ3v) is 5.43. The molecular formula is C24H35N5O. The third kappa shape index (κ3) is 6.47. The number of benzene rings is 2. The molecule has 0 bridgehead atoms. The van der Waals surface area contributed by atoms with Gasteiger partial charge >= 0.3 is 0 Å². The minimum atomic E-state index is 0.476. The lowest BCUT2D eigenvalue weighted by Crippen LogP contribution is -2.55. The van der Waals surface area contributed by atoms with E-state index < -0.39 is 0 Å². The molecule has 1 aliphatic heterocycles. The van der Waals surface area contributed by atoms with Gasteiger partial charge in [0.25, 0.3) is 0 Å². The van der Waals surface area contributed by atoms with Crippen molar-refractivity contribution in [1.82, 2.24) is 20.4 Å². The molecule has 0 spiro atoms. The molecule has 2 aromatic carbocycles. The van der Waals surface area contributed by atoms with Gasteiger partial charge in [0, 0.05) is 44.3 Å². The molecule has 1 fully saturated rings. The highest BCUT2D eigenvalue weighted by Gasteiger charge is 2.22. The number of aliphatic imine (C=N–C) groups is 1. The molecule has 6 heteroatoms. The molecule has 162 valence electrons. The van der Waals surface area contributed by atoms with Crippen molar-refractivity contribution in [3.8, 4) is 11.5 Å². The van der Waals surface area contributed by atoms with E-state index in [1.54, 1.807) is 0 Å². The molecule has 1 heterocycles. The Morgan fingerprint density at radius 1 is 1.10 bits per heavy atom. The summed E-state index contributed by atoms with van der Waals surface area (Å²) in [6, 6.07) is 16.7. The Hall–Kier alpha value is -2.57. The summed E-state index contributed by atoms with van der Waals surface area (Å²) in [6.45, 7) is 9.70. The van der Waals surface area contributed by atoms with E-state index in [2.05, 4.69) is 66.6 Å². The average Bonchev–Trinajstić information content (AvgIpc) is 2.74. The highest BCUT2D eigenvalue weighted by atomic mass is 16.5. The molecule has 3 rings (SSSR count). The molecule has 2 aromatic rings. The summed E-state index contributed by atoms with van der Waals surface area (Å²) in [6.07, 6.45) is 0. The van der Waals surface area contributed by atoms with Gasteiger partial charge in [0.1, 0.15) is 11.5 Å². The lowest BCUT2D eigenvalue weighted by molar-refractivity contribution is 0.116. The van der Waals surface area contributed by atoms with E-state index in [1.165, 1.54) is 5.56 Å². The predicted octanol–water partition coefficient (Wildman–Crippen LogP) is 3.09. The van der Waals surface area contributed by atoms with Crippen molar-refractivity contribution in [3.05, 3.63) is 59.7 Å². The number of aryl methyl sites for hydroxylation is 1. The smallest absolute Gasteiger partial charge is 0.191 e. The van der Waals surface area contributed by atoms with Gasteiger partial charge in [-0.2, -0.15) is 0 Å². The van der Waals surface area contributed by atoms with Gasteiger partial charge in [0.2, 0.25) is 0 Å². The molecule has 0 aromatic heterocycles. The van der Waals surface area contributed by atoms with E-state index in [9.17, 15) is 0 Å². The normalized spacial score (nSPS) is 18.3. The highest BCUT2D eigenvalue weighted by Crippen LogP contribution is 2.27. The average molecular weight is 410 g/mol. The molecule has 0 aliphatic carbocycles. The first kappa shape index (κ1) is 22.1. The Bertz CT molecular complexity index is 824. The molecule has 30 heavy (non-hydrogen) atoms. The summed E-state index contributed by atoms with van der Waals surface area (Å²) in [5.41, 5.74) is 2.24. The number of nitrogens with zero attached hydrogens (tertiary/aromatic N) is 3. The fourth-order valence-corrected chi connectivity index (χ4v) is 3.55. The molecule has 1 aliphatic rings. The molecule has 0 radical (unpaired) electrons. The van der Waals surface area contributed by atoms with E-state index >= 15 is 0 Å². The van der Waals surface area contributed by atoms with E-state index in [-0.39, 0.29) is 0 Å². The van der Waals surface area contributed by atoms with Crippen LogP contribution in [-0.2, 0) is 6.54 Å². The second-order valence-electron chi connectivity index (χ2n) is 8.00. The first-order valence-electron chi connectivity index (χ1n) is 10.8. The van der Waals surface area contributed by atoms with Crippen LogP contribution in [0.15, 0.2) is 53.5 Å². The lowest BCUT2D eigenvalue weighted by Gasteiger charge is -2.37. The number of hydrogen-bond acceptors (Lipinski definition) is 4. The predicted molar refractivity (Wildman–Crippen MR) is 124 cm³/mol. The topological polar surface area (TPSA) is 52.1 Å². The molecule has 6 nitrogen and oxygen atoms in total. The maximum Gasteiger partial charge on any atom is 0.191 e. The van der Waals surface area contributed by atoms with Crippen LogP contribution >= 0.6 is 0 Å². The van der Waals surface area contributed by atoms with E-state index in [0.29, 0.717) is 12.6 Å². The van der Waals surface area contributed by atoms with Crippen molar-refractivity contribution >= 4 is 5.96 Å². The molecule has 2 N–H and O–H groups in total. The summed E-state index contributed by atoms with van der Waals surface area (Å²) < 4.78 is 6.14. The zero-order valence-corrected chi connectivity index (χ0v) is 18.7. The second-order valence-corrected chi connectivity index (χ2v) is 8.00. The summed E-state index contributed by atoms with van der Waals surface area (Å²) in [7, 11) is 4.38. The zero-order valence-electron chi connectivity index (χ0n) is 18.7. The van der Waals surface area contributed by atoms with Gasteiger partial charge in [-0.1, -0.05) is 30.3 Å². The number of rotatable bonds is 7. The number of hydrogen-bond donors (Lipinski definition) is 2. The minimum Gasteiger partial charge on any atom is -0.457 e. The first-order chi connectivity index (χ1) is 14.5. The maximum absolute atomic E-state index is 6.14. The Morgan fingerprint density at radius 2 is 1.90 bits per heavy atom. The fourth-order valence-electron chi connectivity index (χ4n) is 3.55. The number of piperazine rings is 1. The van der Waals surface area contributed by atoms with Crippen molar-refractivity contribution < 1.29 is 4.74 Å². The SMILES string of the molecule is CCNC(=NCc1ccc(C)cc1Oc1ccccc1)NCC1CN(C)CCN1C. The van der Waals surface area contributed by atoms with Crippen molar-refractivity contribution in [1.29, 1.82) is 0 Å². The molecule has 0 amide bonds. The summed E-state index contributed by atoms with van der Waals surface area (Å²) in [5.74, 6) is 2.53. The van der Waals surface area contributed by atoms with Gasteiger partial charge in [-0.25, -0.2) is 4.99 Å². The Labute approximate surface area is 180 Å². The van der Waals surface area contributed by atoms with Crippen LogP contribution < -0.4 is 15.4 Å². The van der Waals surface area contributed by atoms with Crippen LogP contribution in [0.2, 0.25) is 0 Å². The van der Waals surface area contributed by atoms with Crippen LogP contribution in [0.5, 0.6) is 11.5 Å². The minimum absolute atomic E-state index is 0.476. The van der Waals surface area contributed by atoms with Gasteiger partial charge in [0.05, 0.1) is 6.54 Å². The van der Waals surface area contributed by atoms with E-state index in [4.69, 9.17) is 9.73 Å². The lowest BCUT2D eigenvalue weighted by atomic mass is 10.1. The Balaban J connectivity index is 1.68. The molecule has 1 unspecified atom stereocenters. The first-order valence-corrected chi connectivity index (χ1v) is 10.8. The highest BCUT2D eigenvalue weighted by molar-refractivity contribution is 5.79. The standard InChI is InChI=1S/C24H35N5O/c1-5-25-24(27-17-21-18-28(3)13-14-29(21)4)26-16-20-12-11-19(2)15-23(20)30-22-9-7-6-8-10-22/h6-12,15,21H,5,13-14,16-18H2,1-4H3,(H2,25,26,27). The van der Waals surface area contributed by atoms with Crippen molar-refractivity contribution in [2.75, 3.05) is 46.8 Å². The summed E-state index contributed by atoms with van der Waals surface area (Å²) in [5, 5.41) is 6.89. The van der Waals surface area contributed by atoms with E-state index in [1.807, 2.05) is 30.3 Å². The second kappa shape index (κ2) is 11.0. The maximum atomic E-state index is 6.14. The summed E-state index contributed by atoms with van der Waals surface area (Å²) >= 11 is 0. The third-order valence-electron chi connectivity index (χ3n) is 5.43. The monoisotopic (exact) mass is 409 g/mol. The van der Waals surface area contributed by atoms with Crippen LogP contribution in [-0.4, -0.2) is 68.6 Å². The van der Waals surface area contributed by atoms with Crippen LogP contribution in [0.1, 0.15) is 18.1 Å². The molecule has 1 atom stereocenters. The quantitative estimate of drug-likeness (QED) is 0.544. The van der Waals surface area contributed by atoms with Gasteiger partial charge < -0.3 is 20.3 Å². The number of para-hydroxylation sites is 1. The van der Waals surface area contributed by atoms with Gasteiger partial charge in [-0.05, 0) is 51.7 Å².